The molecule has 0 heterocycles. The van der Waals surface area contributed by atoms with Gasteiger partial charge in [-0.1, -0.05) is 0 Å². The smallest absolute Gasteiger partial charge is 0.279 e. The van der Waals surface area contributed by atoms with Gasteiger partial charge in [0.25, 0.3) is 0 Å². The molecular weight excluding hydrogens is 577 g/mol. The molecule has 0 rings (SSSR count). The summed E-state index contributed by atoms with van der Waals surface area (Å²) in [5.41, 5.74) is 0. The lowest BCUT2D eigenvalue weighted by atomic mass is 9.87. The van der Waals surface area contributed by atoms with Gasteiger partial charge in [0, 0.05) is 0 Å². The standard InChI is InChI=1S/C10HF19O4S/c11-2(12,1(30)34(31,32)33)3(13,14)4(15,16)5(17,18)6(19,20)7(21,22)8(23,24)9(25,26)10(27,28)29/h(H,31,32,33). The first kappa shape index (κ1) is 32.2. The molecule has 0 aromatic carbocycles. The number of rotatable bonds is 8. The monoisotopic (exact) mass is 578 g/mol. The second kappa shape index (κ2) is 7.62. The summed E-state index contributed by atoms with van der Waals surface area (Å²) < 4.78 is 273. The molecule has 0 amide bonds. The van der Waals surface area contributed by atoms with Crippen LogP contribution in [0.4, 0.5) is 83.4 Å². The number of hydrogen-bond donors (Lipinski definition) is 1. The highest BCUT2D eigenvalue weighted by atomic mass is 32.2. The summed E-state index contributed by atoms with van der Waals surface area (Å²) >= 11 is 0. The third-order valence-electron chi connectivity index (χ3n) is 3.61. The molecule has 0 radical (unpaired) electrons. The van der Waals surface area contributed by atoms with Crippen molar-refractivity contribution in [3.8, 4) is 0 Å². The van der Waals surface area contributed by atoms with Crippen LogP contribution in [-0.4, -0.2) is 71.6 Å². The second-order valence-electron chi connectivity index (χ2n) is 5.86. The van der Waals surface area contributed by atoms with Crippen molar-refractivity contribution >= 4 is 15.2 Å². The molecule has 0 aromatic rings. The van der Waals surface area contributed by atoms with Crippen molar-refractivity contribution in [2.24, 2.45) is 0 Å². The Kier molecular flexibility index (Phi) is 7.23. The van der Waals surface area contributed by atoms with Gasteiger partial charge >= 0.3 is 68.8 Å². The van der Waals surface area contributed by atoms with E-state index in [9.17, 15) is 96.6 Å². The number of carbonyl (C=O) groups is 1. The van der Waals surface area contributed by atoms with E-state index < -0.39 is 68.8 Å². The van der Waals surface area contributed by atoms with E-state index >= 15 is 0 Å². The van der Waals surface area contributed by atoms with Gasteiger partial charge in [-0.3, -0.25) is 9.35 Å². The van der Waals surface area contributed by atoms with Crippen LogP contribution in [0, 0.1) is 0 Å². The molecule has 0 aliphatic heterocycles. The Balaban J connectivity index is 7.10. The maximum atomic E-state index is 13.3. The van der Waals surface area contributed by atoms with E-state index in [-0.39, 0.29) is 0 Å². The molecule has 0 aliphatic rings. The lowest BCUT2D eigenvalue weighted by molar-refractivity contribution is -0.466. The van der Waals surface area contributed by atoms with Crippen LogP contribution in [0.25, 0.3) is 0 Å². The van der Waals surface area contributed by atoms with Crippen LogP contribution in [0.5, 0.6) is 0 Å². The fourth-order valence-corrected chi connectivity index (χ4v) is 2.10. The Morgan fingerprint density at radius 3 is 0.853 bits per heavy atom. The average Bonchev–Trinajstić information content (AvgIpc) is 2.57. The maximum Gasteiger partial charge on any atom is 0.460 e. The Hall–Kier alpha value is -1.75. The van der Waals surface area contributed by atoms with Crippen molar-refractivity contribution in [2.75, 3.05) is 0 Å². The minimum Gasteiger partial charge on any atom is -0.279 e. The molecule has 0 bridgehead atoms. The molecule has 0 aromatic heterocycles. The van der Waals surface area contributed by atoms with Crippen LogP contribution < -0.4 is 0 Å². The summed E-state index contributed by atoms with van der Waals surface area (Å²) in [5.74, 6) is -70.5. The van der Waals surface area contributed by atoms with Crippen LogP contribution in [0.1, 0.15) is 0 Å². The molecule has 24 heteroatoms. The highest BCUT2D eigenvalue weighted by Crippen LogP contribution is 2.65. The summed E-state index contributed by atoms with van der Waals surface area (Å²) in [5, 5.41) is -4.87. The van der Waals surface area contributed by atoms with E-state index in [0.717, 1.165) is 0 Å². The Morgan fingerprint density at radius 2 is 0.647 bits per heavy atom. The molecule has 0 unspecified atom stereocenters. The Bertz CT molecular complexity index is 914. The van der Waals surface area contributed by atoms with Gasteiger partial charge in [-0.2, -0.15) is 91.8 Å². The highest BCUT2D eigenvalue weighted by molar-refractivity contribution is 8.01. The van der Waals surface area contributed by atoms with Crippen LogP contribution >= 0.6 is 0 Å². The van der Waals surface area contributed by atoms with Gasteiger partial charge in [-0.25, -0.2) is 0 Å². The van der Waals surface area contributed by atoms with Crippen LogP contribution in [0.2, 0.25) is 0 Å². The molecular formula is C10HF19O4S. The normalized spacial score (nSPS) is 16.6. The minimum absolute atomic E-state index is 4.87. The summed E-state index contributed by atoms with van der Waals surface area (Å²) in [6, 6.07) is 0. The van der Waals surface area contributed by atoms with Gasteiger partial charge in [-0.05, 0) is 0 Å². The van der Waals surface area contributed by atoms with E-state index in [2.05, 4.69) is 0 Å². The number of carbonyl (C=O) groups excluding carboxylic acids is 1. The van der Waals surface area contributed by atoms with E-state index in [1.54, 1.807) is 0 Å². The van der Waals surface area contributed by atoms with Crippen molar-refractivity contribution in [1.29, 1.82) is 0 Å². The molecule has 204 valence electrons. The Labute approximate surface area is 171 Å². The van der Waals surface area contributed by atoms with Crippen molar-refractivity contribution < 1.29 is 101 Å². The summed E-state index contributed by atoms with van der Waals surface area (Å²) in [6.45, 7) is 0. The van der Waals surface area contributed by atoms with E-state index in [1.165, 1.54) is 0 Å². The molecule has 0 saturated carbocycles. The van der Waals surface area contributed by atoms with E-state index in [1.807, 2.05) is 0 Å². The number of hydrogen-bond acceptors (Lipinski definition) is 3. The topological polar surface area (TPSA) is 71.4 Å². The predicted molar refractivity (Wildman–Crippen MR) is 62.2 cm³/mol. The van der Waals surface area contributed by atoms with Crippen molar-refractivity contribution in [2.45, 2.75) is 53.6 Å². The van der Waals surface area contributed by atoms with Gasteiger partial charge in [0.2, 0.25) is 0 Å². The molecule has 0 atom stereocenters. The molecule has 34 heavy (non-hydrogen) atoms. The van der Waals surface area contributed by atoms with Gasteiger partial charge < -0.3 is 0 Å². The molecule has 1 N–H and O–H groups in total. The quantitative estimate of drug-likeness (QED) is 0.324. The first-order chi connectivity index (χ1) is 14.2. The molecule has 0 aliphatic carbocycles. The molecule has 0 spiro atoms. The summed E-state index contributed by atoms with van der Waals surface area (Å²) in [4.78, 5) is 10.4. The third-order valence-corrected chi connectivity index (χ3v) is 4.33. The largest absolute Gasteiger partial charge is 0.460 e. The number of halogens is 19. The average molecular weight is 578 g/mol. The summed E-state index contributed by atoms with van der Waals surface area (Å²) in [7, 11) is -7.30. The zero-order chi connectivity index (χ0) is 28.6. The first-order valence-electron chi connectivity index (χ1n) is 6.76. The first-order valence-corrected chi connectivity index (χ1v) is 8.20. The zero-order valence-electron chi connectivity index (χ0n) is 14.3. The Morgan fingerprint density at radius 1 is 0.441 bits per heavy atom. The lowest BCUT2D eigenvalue weighted by Crippen LogP contribution is -2.76. The fourth-order valence-electron chi connectivity index (χ4n) is 1.65. The fraction of sp³-hybridized carbons (Fsp3) is 0.900. The SMILES string of the molecule is O=C(C(F)(F)C(F)(F)C(F)(F)C(F)(F)C(F)(F)C(F)(F)C(F)(F)C(F)(F)C(F)(F)F)S(=O)(=O)O. The van der Waals surface area contributed by atoms with E-state index in [0.29, 0.717) is 0 Å². The highest BCUT2D eigenvalue weighted by Gasteiger charge is 2.97. The van der Waals surface area contributed by atoms with Gasteiger partial charge in [-0.15, -0.1) is 0 Å². The van der Waals surface area contributed by atoms with Gasteiger partial charge in [0.15, 0.2) is 0 Å². The van der Waals surface area contributed by atoms with Crippen molar-refractivity contribution in [3.05, 3.63) is 0 Å². The number of alkyl halides is 19. The zero-order valence-corrected chi connectivity index (χ0v) is 15.1. The van der Waals surface area contributed by atoms with Crippen LogP contribution in [0.3, 0.4) is 0 Å². The van der Waals surface area contributed by atoms with Crippen LogP contribution in [0.15, 0.2) is 0 Å². The molecule has 0 saturated heterocycles. The van der Waals surface area contributed by atoms with Gasteiger partial charge in [0.05, 0.1) is 0 Å². The van der Waals surface area contributed by atoms with Crippen LogP contribution in [-0.2, 0) is 14.9 Å². The minimum atomic E-state index is -9.21. The van der Waals surface area contributed by atoms with Crippen molar-refractivity contribution in [1.82, 2.24) is 0 Å². The third kappa shape index (κ3) is 3.83. The summed E-state index contributed by atoms with van der Waals surface area (Å²) in [6.07, 6.45) is -8.02. The van der Waals surface area contributed by atoms with E-state index in [4.69, 9.17) is 4.55 Å². The molecule has 4 nitrogen and oxygen atoms in total. The van der Waals surface area contributed by atoms with Crippen molar-refractivity contribution in [3.63, 3.8) is 0 Å². The predicted octanol–water partition coefficient (Wildman–Crippen LogP) is 5.05. The maximum absolute atomic E-state index is 13.3. The lowest BCUT2D eigenvalue weighted by Gasteiger charge is -2.43. The van der Waals surface area contributed by atoms with Gasteiger partial charge in [0.1, 0.15) is 0 Å². The second-order valence-corrected chi connectivity index (χ2v) is 7.18. The molecule has 0 fully saturated rings.